The van der Waals surface area contributed by atoms with Crippen LogP contribution in [0.25, 0.3) is 11.5 Å². The summed E-state index contributed by atoms with van der Waals surface area (Å²) in [6.07, 6.45) is 0.893. The highest BCUT2D eigenvalue weighted by atomic mass is 32.2. The van der Waals surface area contributed by atoms with Gasteiger partial charge in [-0.2, -0.15) is 8.78 Å². The van der Waals surface area contributed by atoms with Crippen LogP contribution in [0, 0.1) is 5.82 Å². The molecule has 0 radical (unpaired) electrons. The molecule has 0 atom stereocenters. The zero-order valence-corrected chi connectivity index (χ0v) is 14.7. The molecule has 0 saturated carbocycles. The van der Waals surface area contributed by atoms with Gasteiger partial charge in [0.2, 0.25) is 15.9 Å². The van der Waals surface area contributed by atoms with E-state index in [4.69, 9.17) is 4.42 Å². The van der Waals surface area contributed by atoms with Crippen LogP contribution in [0.15, 0.2) is 47.1 Å². The lowest BCUT2D eigenvalue weighted by molar-refractivity contribution is 0.116. The maximum absolute atomic E-state index is 14.5. The number of aromatic nitrogens is 3. The number of sulfonamides is 1. The Morgan fingerprint density at radius 2 is 2.00 bits per heavy atom. The van der Waals surface area contributed by atoms with Crippen molar-refractivity contribution in [3.05, 3.63) is 60.0 Å². The molecule has 0 saturated heterocycles. The van der Waals surface area contributed by atoms with Gasteiger partial charge in [0.1, 0.15) is 5.82 Å². The number of halogens is 3. The molecular weight excluding hydrogens is 385 g/mol. The van der Waals surface area contributed by atoms with Crippen molar-refractivity contribution in [1.82, 2.24) is 15.2 Å². The van der Waals surface area contributed by atoms with Crippen molar-refractivity contribution in [3.63, 3.8) is 0 Å². The largest absolute Gasteiger partial charge is 0.415 e. The van der Waals surface area contributed by atoms with Crippen molar-refractivity contribution in [2.75, 3.05) is 10.6 Å². The van der Waals surface area contributed by atoms with Gasteiger partial charge < -0.3 is 4.42 Å². The molecule has 2 aromatic heterocycles. The first-order chi connectivity index (χ1) is 12.8. The Morgan fingerprint density at radius 3 is 2.56 bits per heavy atom. The van der Waals surface area contributed by atoms with E-state index in [0.29, 0.717) is 0 Å². The lowest BCUT2D eigenvalue weighted by Crippen LogP contribution is -2.29. The number of pyridine rings is 1. The molecule has 27 heavy (non-hydrogen) atoms. The maximum Gasteiger partial charge on any atom is 0.314 e. The fourth-order valence-corrected chi connectivity index (χ4v) is 3.17. The summed E-state index contributed by atoms with van der Waals surface area (Å²) >= 11 is 0. The normalized spacial score (nSPS) is 11.7. The van der Waals surface area contributed by atoms with Gasteiger partial charge in [0.05, 0.1) is 24.7 Å². The number of hydrogen-bond donors (Lipinski definition) is 0. The van der Waals surface area contributed by atoms with Crippen LogP contribution in [0.1, 0.15) is 17.9 Å². The smallest absolute Gasteiger partial charge is 0.314 e. The predicted molar refractivity (Wildman–Crippen MR) is 89.9 cm³/mol. The van der Waals surface area contributed by atoms with E-state index < -0.39 is 28.2 Å². The van der Waals surface area contributed by atoms with E-state index in [0.717, 1.165) is 16.6 Å². The summed E-state index contributed by atoms with van der Waals surface area (Å²) in [7, 11) is -3.70. The average molecular weight is 398 g/mol. The third kappa shape index (κ3) is 4.25. The van der Waals surface area contributed by atoms with E-state index in [1.807, 2.05) is 0 Å². The Kier molecular flexibility index (Phi) is 5.13. The van der Waals surface area contributed by atoms with Crippen molar-refractivity contribution in [2.45, 2.75) is 13.0 Å². The van der Waals surface area contributed by atoms with Gasteiger partial charge in [0.25, 0.3) is 5.89 Å². The van der Waals surface area contributed by atoms with Gasteiger partial charge >= 0.3 is 6.43 Å². The van der Waals surface area contributed by atoms with Gasteiger partial charge in [0, 0.05) is 17.3 Å². The van der Waals surface area contributed by atoms with Gasteiger partial charge in [-0.1, -0.05) is 6.07 Å². The quantitative estimate of drug-likeness (QED) is 0.634. The highest BCUT2D eigenvalue weighted by Crippen LogP contribution is 2.26. The monoisotopic (exact) mass is 398 g/mol. The van der Waals surface area contributed by atoms with Crippen molar-refractivity contribution in [2.24, 2.45) is 0 Å². The van der Waals surface area contributed by atoms with Crippen LogP contribution in [0.3, 0.4) is 0 Å². The van der Waals surface area contributed by atoms with Crippen LogP contribution in [-0.4, -0.2) is 29.9 Å². The molecular formula is C16H13F3N4O3S. The Labute approximate surface area is 152 Å². The van der Waals surface area contributed by atoms with Gasteiger partial charge in [0.15, 0.2) is 0 Å². The Bertz CT molecular complexity index is 1040. The first-order valence-electron chi connectivity index (χ1n) is 7.54. The van der Waals surface area contributed by atoms with E-state index in [1.54, 1.807) is 6.07 Å². The van der Waals surface area contributed by atoms with Crippen LogP contribution in [-0.2, 0) is 16.6 Å². The van der Waals surface area contributed by atoms with Crippen molar-refractivity contribution < 1.29 is 26.0 Å². The lowest BCUT2D eigenvalue weighted by Gasteiger charge is -2.22. The molecule has 7 nitrogen and oxygen atoms in total. The Balaban J connectivity index is 1.90. The van der Waals surface area contributed by atoms with Gasteiger partial charge in [-0.15, -0.1) is 10.2 Å². The SMILES string of the molecule is CS(=O)(=O)N(Cc1ccc(-c2nnc(C(F)F)o2)cc1F)c1cccnc1. The van der Waals surface area contributed by atoms with Crippen LogP contribution in [0.2, 0.25) is 0 Å². The van der Waals surface area contributed by atoms with Gasteiger partial charge in [-0.05, 0) is 24.3 Å². The zero-order chi connectivity index (χ0) is 19.6. The Morgan fingerprint density at radius 1 is 1.22 bits per heavy atom. The average Bonchev–Trinajstić information content (AvgIpc) is 3.11. The standard InChI is InChI=1S/C16H13F3N4O3S/c1-27(24,25)23(12-3-2-6-20-8-12)9-11-5-4-10(7-13(11)17)15-21-22-16(26-15)14(18)19/h2-8,14H,9H2,1H3. The summed E-state index contributed by atoms with van der Waals surface area (Å²) in [5, 5.41) is 6.63. The first-order valence-corrected chi connectivity index (χ1v) is 9.38. The van der Waals surface area contributed by atoms with Gasteiger partial charge in [-0.25, -0.2) is 12.8 Å². The Hall–Kier alpha value is -2.95. The van der Waals surface area contributed by atoms with Crippen molar-refractivity contribution in [1.29, 1.82) is 0 Å². The third-order valence-electron chi connectivity index (χ3n) is 3.58. The minimum absolute atomic E-state index is 0.0710. The molecule has 11 heteroatoms. The first kappa shape index (κ1) is 18.8. The molecule has 0 spiro atoms. The molecule has 0 aliphatic carbocycles. The number of benzene rings is 1. The predicted octanol–water partition coefficient (Wildman–Crippen LogP) is 3.17. The number of hydrogen-bond acceptors (Lipinski definition) is 6. The lowest BCUT2D eigenvalue weighted by atomic mass is 10.1. The van der Waals surface area contributed by atoms with Crippen LogP contribution >= 0.6 is 0 Å². The minimum Gasteiger partial charge on any atom is -0.415 e. The van der Waals surface area contributed by atoms with Gasteiger partial charge in [-0.3, -0.25) is 9.29 Å². The van der Waals surface area contributed by atoms with E-state index in [2.05, 4.69) is 15.2 Å². The molecule has 0 aliphatic rings. The number of rotatable bonds is 6. The summed E-state index contributed by atoms with van der Waals surface area (Å²) in [4.78, 5) is 3.86. The van der Waals surface area contributed by atoms with E-state index in [1.165, 1.54) is 30.6 Å². The van der Waals surface area contributed by atoms with Crippen molar-refractivity contribution in [3.8, 4) is 11.5 Å². The maximum atomic E-state index is 14.5. The molecule has 0 bridgehead atoms. The summed E-state index contributed by atoms with van der Waals surface area (Å²) in [5.74, 6) is -1.88. The highest BCUT2D eigenvalue weighted by Gasteiger charge is 2.21. The molecule has 0 amide bonds. The fourth-order valence-electron chi connectivity index (χ4n) is 2.30. The molecule has 0 unspecified atom stereocenters. The summed E-state index contributed by atoms with van der Waals surface area (Å²) < 4.78 is 69.5. The molecule has 1 aromatic carbocycles. The summed E-state index contributed by atoms with van der Waals surface area (Å²) in [5.41, 5.74) is 0.450. The number of anilines is 1. The third-order valence-corrected chi connectivity index (χ3v) is 4.72. The molecule has 0 N–H and O–H groups in total. The van der Waals surface area contributed by atoms with E-state index >= 15 is 0 Å². The van der Waals surface area contributed by atoms with Crippen LogP contribution in [0.4, 0.5) is 18.9 Å². The molecule has 0 aliphatic heterocycles. The second kappa shape index (κ2) is 7.35. The van der Waals surface area contributed by atoms with Crippen molar-refractivity contribution >= 4 is 15.7 Å². The summed E-state index contributed by atoms with van der Waals surface area (Å²) in [6.45, 7) is -0.275. The van der Waals surface area contributed by atoms with E-state index in [9.17, 15) is 21.6 Å². The zero-order valence-electron chi connectivity index (χ0n) is 13.9. The highest BCUT2D eigenvalue weighted by molar-refractivity contribution is 7.92. The second-order valence-electron chi connectivity index (χ2n) is 5.53. The van der Waals surface area contributed by atoms with Crippen LogP contribution < -0.4 is 4.31 Å². The summed E-state index contributed by atoms with van der Waals surface area (Å²) in [6, 6.07) is 6.81. The molecule has 0 fully saturated rings. The van der Waals surface area contributed by atoms with Crippen LogP contribution in [0.5, 0.6) is 0 Å². The molecule has 3 aromatic rings. The fraction of sp³-hybridized carbons (Fsp3) is 0.188. The minimum atomic E-state index is -3.70. The second-order valence-corrected chi connectivity index (χ2v) is 7.44. The molecule has 2 heterocycles. The molecule has 3 rings (SSSR count). The number of alkyl halides is 2. The van der Waals surface area contributed by atoms with E-state index in [-0.39, 0.29) is 29.2 Å². The molecule has 142 valence electrons. The number of nitrogens with zero attached hydrogens (tertiary/aromatic N) is 4. The topological polar surface area (TPSA) is 89.2 Å².